The van der Waals surface area contributed by atoms with Crippen molar-refractivity contribution in [3.8, 4) is 0 Å². The summed E-state index contributed by atoms with van der Waals surface area (Å²) in [5, 5.41) is 12.0. The number of likely N-dealkylation sites (N-methyl/N-ethyl adjacent to an activating group) is 1. The van der Waals surface area contributed by atoms with Crippen LogP contribution in [0.15, 0.2) is 0 Å². The van der Waals surface area contributed by atoms with Gasteiger partial charge < -0.3 is 15.3 Å². The van der Waals surface area contributed by atoms with Gasteiger partial charge in [0.15, 0.2) is 0 Å². The van der Waals surface area contributed by atoms with Gasteiger partial charge in [-0.05, 0) is 25.9 Å². The lowest BCUT2D eigenvalue weighted by Crippen LogP contribution is -2.38. The molecule has 1 heterocycles. The largest absolute Gasteiger partial charge is 0.481 e. The molecular weight excluding hydrogens is 180 g/mol. The lowest BCUT2D eigenvalue weighted by Gasteiger charge is -2.23. The highest BCUT2D eigenvalue weighted by Gasteiger charge is 2.17. The molecule has 0 spiro atoms. The Morgan fingerprint density at radius 3 is 2.93 bits per heavy atom. The summed E-state index contributed by atoms with van der Waals surface area (Å²) in [5.74, 6) is -0.706. The van der Waals surface area contributed by atoms with Crippen LogP contribution in [-0.4, -0.2) is 48.2 Å². The zero-order chi connectivity index (χ0) is 10.4. The van der Waals surface area contributed by atoms with Crippen molar-refractivity contribution < 1.29 is 9.90 Å². The molecule has 0 aromatic carbocycles. The van der Waals surface area contributed by atoms with E-state index in [4.69, 9.17) is 5.11 Å². The number of hydrogen-bond acceptors (Lipinski definition) is 3. The average Bonchev–Trinajstić information content (AvgIpc) is 2.64. The molecule has 0 saturated carbocycles. The van der Waals surface area contributed by atoms with E-state index in [0.717, 1.165) is 19.6 Å². The molecule has 0 radical (unpaired) electrons. The fraction of sp³-hybridized carbons (Fsp3) is 0.900. The highest BCUT2D eigenvalue weighted by molar-refractivity contribution is 5.66. The summed E-state index contributed by atoms with van der Waals surface area (Å²) in [6.07, 6.45) is 2.73. The topological polar surface area (TPSA) is 52.6 Å². The molecule has 4 nitrogen and oxygen atoms in total. The van der Waals surface area contributed by atoms with Crippen molar-refractivity contribution in [3.05, 3.63) is 0 Å². The Morgan fingerprint density at radius 2 is 2.43 bits per heavy atom. The van der Waals surface area contributed by atoms with Crippen LogP contribution in [0.25, 0.3) is 0 Å². The molecule has 1 atom stereocenters. The van der Waals surface area contributed by atoms with Crippen LogP contribution < -0.4 is 5.32 Å². The first-order valence-corrected chi connectivity index (χ1v) is 5.40. The third-order valence-corrected chi connectivity index (χ3v) is 2.73. The molecular formula is C10H20N2O2. The molecule has 0 aromatic rings. The van der Waals surface area contributed by atoms with Crippen LogP contribution in [0.1, 0.15) is 26.2 Å². The third-order valence-electron chi connectivity index (χ3n) is 2.73. The van der Waals surface area contributed by atoms with Gasteiger partial charge in [-0.25, -0.2) is 0 Å². The number of aliphatic carboxylic acids is 1. The van der Waals surface area contributed by atoms with Gasteiger partial charge in [0.1, 0.15) is 0 Å². The number of rotatable bonds is 6. The molecule has 0 bridgehead atoms. The smallest absolute Gasteiger partial charge is 0.304 e. The Morgan fingerprint density at radius 1 is 1.64 bits per heavy atom. The zero-order valence-electron chi connectivity index (χ0n) is 8.83. The molecule has 1 aliphatic rings. The van der Waals surface area contributed by atoms with Crippen LogP contribution in [0.3, 0.4) is 0 Å². The molecule has 1 unspecified atom stereocenters. The molecule has 1 saturated heterocycles. The molecule has 14 heavy (non-hydrogen) atoms. The Labute approximate surface area is 85.3 Å². The second-order valence-electron chi connectivity index (χ2n) is 3.83. The van der Waals surface area contributed by atoms with E-state index in [9.17, 15) is 4.79 Å². The fourth-order valence-corrected chi connectivity index (χ4v) is 1.86. The maximum absolute atomic E-state index is 10.4. The monoisotopic (exact) mass is 200 g/mol. The van der Waals surface area contributed by atoms with E-state index in [1.807, 2.05) is 0 Å². The number of nitrogens with zero attached hydrogens (tertiary/aromatic N) is 1. The van der Waals surface area contributed by atoms with Gasteiger partial charge >= 0.3 is 5.97 Å². The molecule has 2 N–H and O–H groups in total. The van der Waals surface area contributed by atoms with E-state index in [-0.39, 0.29) is 6.42 Å². The molecule has 1 rings (SSSR count). The van der Waals surface area contributed by atoms with Gasteiger partial charge in [0, 0.05) is 19.1 Å². The van der Waals surface area contributed by atoms with Crippen LogP contribution in [0.5, 0.6) is 0 Å². The van der Waals surface area contributed by atoms with Crippen molar-refractivity contribution in [3.63, 3.8) is 0 Å². The molecule has 1 aliphatic heterocycles. The van der Waals surface area contributed by atoms with E-state index >= 15 is 0 Å². The van der Waals surface area contributed by atoms with Crippen molar-refractivity contribution in [1.82, 2.24) is 10.2 Å². The summed E-state index contributed by atoms with van der Waals surface area (Å²) in [5.41, 5.74) is 0. The van der Waals surface area contributed by atoms with E-state index in [2.05, 4.69) is 17.1 Å². The van der Waals surface area contributed by atoms with Gasteiger partial charge in [0.05, 0.1) is 6.42 Å². The molecule has 0 amide bonds. The number of nitrogens with one attached hydrogen (secondary N) is 1. The number of carboxylic acids is 1. The second kappa shape index (κ2) is 5.98. The van der Waals surface area contributed by atoms with Crippen LogP contribution >= 0.6 is 0 Å². The van der Waals surface area contributed by atoms with E-state index in [1.54, 1.807) is 0 Å². The van der Waals surface area contributed by atoms with Crippen LogP contribution in [-0.2, 0) is 4.79 Å². The van der Waals surface area contributed by atoms with Crippen molar-refractivity contribution in [2.75, 3.05) is 26.2 Å². The van der Waals surface area contributed by atoms with Crippen LogP contribution in [0, 0.1) is 0 Å². The van der Waals surface area contributed by atoms with E-state index in [0.29, 0.717) is 12.6 Å². The minimum absolute atomic E-state index is 0.251. The van der Waals surface area contributed by atoms with E-state index < -0.39 is 5.97 Å². The van der Waals surface area contributed by atoms with Crippen LogP contribution in [0.2, 0.25) is 0 Å². The quantitative estimate of drug-likeness (QED) is 0.657. The lowest BCUT2D eigenvalue weighted by molar-refractivity contribution is -0.137. The summed E-state index contributed by atoms with van der Waals surface area (Å²) in [6.45, 7) is 5.79. The summed E-state index contributed by atoms with van der Waals surface area (Å²) in [7, 11) is 0. The molecule has 4 heteroatoms. The first-order valence-electron chi connectivity index (χ1n) is 5.40. The van der Waals surface area contributed by atoms with Gasteiger partial charge in [-0.2, -0.15) is 0 Å². The van der Waals surface area contributed by atoms with Crippen molar-refractivity contribution in [2.45, 2.75) is 32.2 Å². The van der Waals surface area contributed by atoms with Crippen molar-refractivity contribution >= 4 is 5.97 Å². The predicted octanol–water partition coefficient (Wildman–Crippen LogP) is 0.535. The maximum atomic E-state index is 10.4. The summed E-state index contributed by atoms with van der Waals surface area (Å²) >= 11 is 0. The highest BCUT2D eigenvalue weighted by atomic mass is 16.4. The third kappa shape index (κ3) is 4.07. The summed E-state index contributed by atoms with van der Waals surface area (Å²) in [4.78, 5) is 12.6. The first-order chi connectivity index (χ1) is 6.72. The maximum Gasteiger partial charge on any atom is 0.304 e. The van der Waals surface area contributed by atoms with Crippen LogP contribution in [0.4, 0.5) is 0 Å². The minimum Gasteiger partial charge on any atom is -0.481 e. The summed E-state index contributed by atoms with van der Waals surface area (Å²) < 4.78 is 0. The second-order valence-corrected chi connectivity index (χ2v) is 3.83. The molecule has 82 valence electrons. The number of hydrogen-bond donors (Lipinski definition) is 2. The van der Waals surface area contributed by atoms with Crippen molar-refractivity contribution in [1.29, 1.82) is 0 Å². The van der Waals surface area contributed by atoms with Gasteiger partial charge in [0.25, 0.3) is 0 Å². The average molecular weight is 200 g/mol. The first kappa shape index (κ1) is 11.5. The number of carbonyl (C=O) groups is 1. The standard InChI is InChI=1S/C10H20N2O2/c1-2-12(7-5-10(13)14)8-9-4-3-6-11-9/h9,11H,2-8H2,1H3,(H,13,14). The zero-order valence-corrected chi connectivity index (χ0v) is 8.83. The Bertz CT molecular complexity index is 179. The lowest BCUT2D eigenvalue weighted by atomic mass is 10.2. The molecule has 0 aromatic heterocycles. The molecule has 1 fully saturated rings. The SMILES string of the molecule is CCN(CCC(=O)O)CC1CCCN1. The Kier molecular flexibility index (Phi) is 4.90. The van der Waals surface area contributed by atoms with Gasteiger partial charge in [-0.3, -0.25) is 4.79 Å². The highest BCUT2D eigenvalue weighted by Crippen LogP contribution is 2.07. The Balaban J connectivity index is 2.19. The minimum atomic E-state index is -0.706. The predicted molar refractivity (Wildman–Crippen MR) is 55.4 cm³/mol. The van der Waals surface area contributed by atoms with E-state index in [1.165, 1.54) is 12.8 Å². The number of carboxylic acid groups (broad SMARTS) is 1. The normalized spacial score (nSPS) is 21.7. The van der Waals surface area contributed by atoms with Gasteiger partial charge in [-0.15, -0.1) is 0 Å². The molecule has 0 aliphatic carbocycles. The van der Waals surface area contributed by atoms with Crippen molar-refractivity contribution in [2.24, 2.45) is 0 Å². The van der Waals surface area contributed by atoms with Gasteiger partial charge in [0.2, 0.25) is 0 Å². The summed E-state index contributed by atoms with van der Waals surface area (Å²) in [6, 6.07) is 0.573. The van der Waals surface area contributed by atoms with Gasteiger partial charge in [-0.1, -0.05) is 6.92 Å². The fourth-order valence-electron chi connectivity index (χ4n) is 1.86. The Hall–Kier alpha value is -0.610.